The van der Waals surface area contributed by atoms with Crippen LogP contribution in [0.5, 0.6) is 0 Å². The van der Waals surface area contributed by atoms with E-state index in [0.29, 0.717) is 12.1 Å². The maximum absolute atomic E-state index is 12.9. The summed E-state index contributed by atoms with van der Waals surface area (Å²) in [5.41, 5.74) is -0.0227. The molecule has 2 aromatic rings. The van der Waals surface area contributed by atoms with Crippen LogP contribution < -0.4 is 10.6 Å². The molecular formula is C18H17F3N2O2. The lowest BCUT2D eigenvalue weighted by molar-refractivity contribution is -0.137. The van der Waals surface area contributed by atoms with Gasteiger partial charge in [-0.3, -0.25) is 9.59 Å². The molecule has 0 heterocycles. The van der Waals surface area contributed by atoms with E-state index in [1.165, 1.54) is 12.1 Å². The van der Waals surface area contributed by atoms with Crippen molar-refractivity contribution >= 4 is 17.5 Å². The first kappa shape index (κ1) is 18.5. The first-order chi connectivity index (χ1) is 11.8. The number of carbonyl (C=O) groups is 2. The summed E-state index contributed by atoms with van der Waals surface area (Å²) in [4.78, 5) is 24.0. The van der Waals surface area contributed by atoms with Crippen molar-refractivity contribution in [3.05, 3.63) is 65.2 Å². The Morgan fingerprint density at radius 1 is 1.00 bits per heavy atom. The predicted molar refractivity (Wildman–Crippen MR) is 88.2 cm³/mol. The molecule has 0 aliphatic carbocycles. The molecule has 0 unspecified atom stereocenters. The van der Waals surface area contributed by atoms with E-state index in [4.69, 9.17) is 0 Å². The molecule has 0 bridgehead atoms. The van der Waals surface area contributed by atoms with Gasteiger partial charge in [0.15, 0.2) is 0 Å². The summed E-state index contributed by atoms with van der Waals surface area (Å²) in [6, 6.07) is 11.6. The molecule has 0 saturated heterocycles. The summed E-state index contributed by atoms with van der Waals surface area (Å²) >= 11 is 0. The molecule has 0 atom stereocenters. The van der Waals surface area contributed by atoms with Crippen molar-refractivity contribution in [2.45, 2.75) is 19.5 Å². The second kappa shape index (κ2) is 7.83. The van der Waals surface area contributed by atoms with Crippen LogP contribution >= 0.6 is 0 Å². The van der Waals surface area contributed by atoms with Crippen molar-refractivity contribution in [1.29, 1.82) is 0 Å². The van der Waals surface area contributed by atoms with Crippen LogP contribution in [-0.2, 0) is 17.4 Å². The predicted octanol–water partition coefficient (Wildman–Crippen LogP) is 3.64. The Morgan fingerprint density at radius 2 is 1.64 bits per heavy atom. The van der Waals surface area contributed by atoms with Gasteiger partial charge in [0.1, 0.15) is 0 Å². The Bertz CT molecular complexity index is 773. The minimum Gasteiger partial charge on any atom is -0.343 e. The SMILES string of the molecule is CCc1ccccc1NC(=O)CNC(=O)c1ccccc1C(F)(F)F. The summed E-state index contributed by atoms with van der Waals surface area (Å²) in [6.07, 6.45) is -3.93. The van der Waals surface area contributed by atoms with Crippen molar-refractivity contribution in [2.24, 2.45) is 0 Å². The van der Waals surface area contributed by atoms with Gasteiger partial charge in [-0.15, -0.1) is 0 Å². The van der Waals surface area contributed by atoms with E-state index in [-0.39, 0.29) is 0 Å². The van der Waals surface area contributed by atoms with Crippen LogP contribution in [0.15, 0.2) is 48.5 Å². The van der Waals surface area contributed by atoms with Gasteiger partial charge in [-0.2, -0.15) is 13.2 Å². The number of amides is 2. The second-order valence-corrected chi connectivity index (χ2v) is 5.28. The van der Waals surface area contributed by atoms with Gasteiger partial charge in [0.25, 0.3) is 5.91 Å². The van der Waals surface area contributed by atoms with E-state index in [1.54, 1.807) is 12.1 Å². The number of rotatable bonds is 5. The van der Waals surface area contributed by atoms with Gasteiger partial charge in [-0.25, -0.2) is 0 Å². The highest BCUT2D eigenvalue weighted by Crippen LogP contribution is 2.31. The van der Waals surface area contributed by atoms with E-state index >= 15 is 0 Å². The summed E-state index contributed by atoms with van der Waals surface area (Å²) in [5.74, 6) is -1.47. The fourth-order valence-electron chi connectivity index (χ4n) is 2.33. The van der Waals surface area contributed by atoms with Crippen LogP contribution in [0.2, 0.25) is 0 Å². The number of aryl methyl sites for hydroxylation is 1. The molecule has 0 aliphatic heterocycles. The summed E-state index contributed by atoms with van der Waals surface area (Å²) in [5, 5.41) is 4.86. The minimum absolute atomic E-state index is 0.428. The number of alkyl halides is 3. The van der Waals surface area contributed by atoms with Crippen LogP contribution in [0.25, 0.3) is 0 Å². The summed E-state index contributed by atoms with van der Waals surface area (Å²) in [6.45, 7) is 1.50. The third kappa shape index (κ3) is 4.82. The van der Waals surface area contributed by atoms with Crippen molar-refractivity contribution in [3.63, 3.8) is 0 Å². The molecule has 2 rings (SSSR count). The Balaban J connectivity index is 2.02. The third-order valence-electron chi connectivity index (χ3n) is 3.56. The number of carbonyl (C=O) groups excluding carboxylic acids is 2. The van der Waals surface area contributed by atoms with Crippen molar-refractivity contribution in [2.75, 3.05) is 11.9 Å². The van der Waals surface area contributed by atoms with Crippen LogP contribution in [0.4, 0.5) is 18.9 Å². The normalized spacial score (nSPS) is 11.0. The fraction of sp³-hybridized carbons (Fsp3) is 0.222. The zero-order valence-corrected chi connectivity index (χ0v) is 13.5. The highest BCUT2D eigenvalue weighted by molar-refractivity contribution is 6.00. The van der Waals surface area contributed by atoms with Gasteiger partial charge in [0, 0.05) is 5.69 Å². The third-order valence-corrected chi connectivity index (χ3v) is 3.56. The van der Waals surface area contributed by atoms with Gasteiger partial charge < -0.3 is 10.6 Å². The second-order valence-electron chi connectivity index (χ2n) is 5.28. The van der Waals surface area contributed by atoms with Gasteiger partial charge in [-0.05, 0) is 30.2 Å². The number of nitrogens with one attached hydrogen (secondary N) is 2. The molecule has 4 nitrogen and oxygen atoms in total. The quantitative estimate of drug-likeness (QED) is 0.865. The number of halogens is 3. The molecule has 2 N–H and O–H groups in total. The van der Waals surface area contributed by atoms with E-state index in [9.17, 15) is 22.8 Å². The molecule has 132 valence electrons. The van der Waals surface area contributed by atoms with Crippen LogP contribution in [0, 0.1) is 0 Å². The number of hydrogen-bond acceptors (Lipinski definition) is 2. The standard InChI is InChI=1S/C18H17F3N2O2/c1-2-12-7-3-6-10-15(12)23-16(24)11-22-17(25)13-8-4-5-9-14(13)18(19,20)21/h3-10H,2,11H2,1H3,(H,22,25)(H,23,24). The van der Waals surface area contributed by atoms with Crippen LogP contribution in [-0.4, -0.2) is 18.4 Å². The van der Waals surface area contributed by atoms with Crippen LogP contribution in [0.1, 0.15) is 28.4 Å². The average molecular weight is 350 g/mol. The largest absolute Gasteiger partial charge is 0.417 e. The molecule has 25 heavy (non-hydrogen) atoms. The van der Waals surface area contributed by atoms with Gasteiger partial charge in [0.05, 0.1) is 17.7 Å². The zero-order chi connectivity index (χ0) is 18.4. The number of anilines is 1. The molecule has 0 saturated carbocycles. The number of para-hydroxylation sites is 1. The molecule has 0 radical (unpaired) electrons. The Labute approximate surface area is 143 Å². The van der Waals surface area contributed by atoms with Crippen LogP contribution in [0.3, 0.4) is 0 Å². The lowest BCUT2D eigenvalue weighted by Crippen LogP contribution is -2.34. The number of hydrogen-bond donors (Lipinski definition) is 2. The van der Waals surface area contributed by atoms with Crippen molar-refractivity contribution in [3.8, 4) is 0 Å². The molecule has 0 aliphatic rings. The van der Waals surface area contributed by atoms with Crippen molar-refractivity contribution in [1.82, 2.24) is 5.32 Å². The Hall–Kier alpha value is -2.83. The fourth-order valence-corrected chi connectivity index (χ4v) is 2.33. The topological polar surface area (TPSA) is 58.2 Å². The molecule has 0 aromatic heterocycles. The van der Waals surface area contributed by atoms with E-state index in [2.05, 4.69) is 10.6 Å². The number of benzene rings is 2. The Morgan fingerprint density at radius 3 is 2.32 bits per heavy atom. The summed E-state index contributed by atoms with van der Waals surface area (Å²) < 4.78 is 38.8. The van der Waals surface area contributed by atoms with Gasteiger partial charge in [0.2, 0.25) is 5.91 Å². The monoisotopic (exact) mass is 350 g/mol. The maximum Gasteiger partial charge on any atom is 0.417 e. The van der Waals surface area contributed by atoms with Gasteiger partial charge in [-0.1, -0.05) is 37.3 Å². The van der Waals surface area contributed by atoms with E-state index in [1.807, 2.05) is 19.1 Å². The van der Waals surface area contributed by atoms with E-state index < -0.39 is 35.7 Å². The van der Waals surface area contributed by atoms with Gasteiger partial charge >= 0.3 is 6.18 Å². The highest BCUT2D eigenvalue weighted by Gasteiger charge is 2.34. The zero-order valence-electron chi connectivity index (χ0n) is 13.5. The highest BCUT2D eigenvalue weighted by atomic mass is 19.4. The molecule has 2 amide bonds. The lowest BCUT2D eigenvalue weighted by Gasteiger charge is -2.13. The summed E-state index contributed by atoms with van der Waals surface area (Å²) in [7, 11) is 0. The first-order valence-electron chi connectivity index (χ1n) is 7.65. The first-order valence-corrected chi connectivity index (χ1v) is 7.65. The smallest absolute Gasteiger partial charge is 0.343 e. The Kier molecular flexibility index (Phi) is 5.80. The maximum atomic E-state index is 12.9. The van der Waals surface area contributed by atoms with Crippen molar-refractivity contribution < 1.29 is 22.8 Å². The minimum atomic E-state index is -4.64. The average Bonchev–Trinajstić information content (AvgIpc) is 2.59. The molecule has 0 fully saturated rings. The molecule has 2 aromatic carbocycles. The molecule has 0 spiro atoms. The lowest BCUT2D eigenvalue weighted by atomic mass is 10.1. The van der Waals surface area contributed by atoms with E-state index in [0.717, 1.165) is 17.7 Å². The molecule has 7 heteroatoms. The molecular weight excluding hydrogens is 333 g/mol.